The van der Waals surface area contributed by atoms with E-state index in [0.717, 1.165) is 5.56 Å². The molecule has 0 aliphatic heterocycles. The molecule has 0 aromatic heterocycles. The SMILES string of the molecule is Fc1ccc(OCc2ccc(I)cc2)c(Cl)c1. The van der Waals surface area contributed by atoms with Crippen molar-refractivity contribution in [2.24, 2.45) is 0 Å². The lowest BCUT2D eigenvalue weighted by molar-refractivity contribution is 0.306. The molecule has 0 unspecified atom stereocenters. The smallest absolute Gasteiger partial charge is 0.138 e. The van der Waals surface area contributed by atoms with Gasteiger partial charge in [0.25, 0.3) is 0 Å². The maximum atomic E-state index is 12.8. The number of rotatable bonds is 3. The van der Waals surface area contributed by atoms with Gasteiger partial charge >= 0.3 is 0 Å². The molecule has 0 heterocycles. The summed E-state index contributed by atoms with van der Waals surface area (Å²) in [4.78, 5) is 0. The first-order valence-corrected chi connectivity index (χ1v) is 6.43. The fourth-order valence-electron chi connectivity index (χ4n) is 1.33. The third-order valence-corrected chi connectivity index (χ3v) is 3.22. The van der Waals surface area contributed by atoms with Crippen LogP contribution in [0.1, 0.15) is 5.56 Å². The Morgan fingerprint density at radius 1 is 1.12 bits per heavy atom. The fourth-order valence-corrected chi connectivity index (χ4v) is 1.92. The second-order valence-corrected chi connectivity index (χ2v) is 5.14. The van der Waals surface area contributed by atoms with Gasteiger partial charge in [-0.05, 0) is 58.5 Å². The molecule has 0 saturated heterocycles. The molecular formula is C13H9ClFIO. The molecule has 0 aliphatic rings. The number of benzene rings is 2. The van der Waals surface area contributed by atoms with Crippen molar-refractivity contribution >= 4 is 34.2 Å². The van der Waals surface area contributed by atoms with Crippen molar-refractivity contribution < 1.29 is 9.13 Å². The van der Waals surface area contributed by atoms with E-state index in [2.05, 4.69) is 22.6 Å². The first kappa shape index (κ1) is 12.6. The third-order valence-electron chi connectivity index (χ3n) is 2.20. The van der Waals surface area contributed by atoms with Crippen LogP contribution in [-0.2, 0) is 6.61 Å². The van der Waals surface area contributed by atoms with E-state index in [1.807, 2.05) is 24.3 Å². The molecule has 4 heteroatoms. The molecule has 0 fully saturated rings. The summed E-state index contributed by atoms with van der Waals surface area (Å²) in [5.74, 6) is 0.128. The van der Waals surface area contributed by atoms with Crippen molar-refractivity contribution in [3.8, 4) is 5.75 Å². The molecule has 1 nitrogen and oxygen atoms in total. The minimum absolute atomic E-state index is 0.288. The first-order valence-electron chi connectivity index (χ1n) is 4.97. The van der Waals surface area contributed by atoms with E-state index in [-0.39, 0.29) is 10.8 Å². The molecule has 0 atom stereocenters. The van der Waals surface area contributed by atoms with E-state index >= 15 is 0 Å². The predicted molar refractivity (Wildman–Crippen MR) is 74.9 cm³/mol. The van der Waals surface area contributed by atoms with Crippen molar-refractivity contribution in [3.63, 3.8) is 0 Å². The normalized spacial score (nSPS) is 10.3. The summed E-state index contributed by atoms with van der Waals surface area (Å²) in [5.41, 5.74) is 1.05. The molecule has 0 N–H and O–H groups in total. The van der Waals surface area contributed by atoms with Gasteiger partial charge in [0.2, 0.25) is 0 Å². The molecule has 0 radical (unpaired) electrons. The lowest BCUT2D eigenvalue weighted by Gasteiger charge is -2.08. The average Bonchev–Trinajstić information content (AvgIpc) is 2.30. The zero-order valence-electron chi connectivity index (χ0n) is 8.79. The van der Waals surface area contributed by atoms with Crippen LogP contribution in [0.5, 0.6) is 5.75 Å². The molecule has 17 heavy (non-hydrogen) atoms. The van der Waals surface area contributed by atoms with E-state index < -0.39 is 0 Å². The number of hydrogen-bond acceptors (Lipinski definition) is 1. The van der Waals surface area contributed by atoms with Gasteiger partial charge in [-0.15, -0.1) is 0 Å². The summed E-state index contributed by atoms with van der Waals surface area (Å²) in [5, 5.41) is 0.288. The Balaban J connectivity index is 2.04. The first-order chi connectivity index (χ1) is 8.15. The van der Waals surface area contributed by atoms with Crippen molar-refractivity contribution in [1.29, 1.82) is 0 Å². The predicted octanol–water partition coefficient (Wildman–Crippen LogP) is 4.66. The maximum absolute atomic E-state index is 12.8. The number of hydrogen-bond donors (Lipinski definition) is 0. The highest BCUT2D eigenvalue weighted by Gasteiger charge is 2.03. The maximum Gasteiger partial charge on any atom is 0.138 e. The van der Waals surface area contributed by atoms with E-state index in [1.165, 1.54) is 21.8 Å². The average molecular weight is 363 g/mol. The van der Waals surface area contributed by atoms with Gasteiger partial charge in [-0.25, -0.2) is 4.39 Å². The Bertz CT molecular complexity index is 513. The Labute approximate surface area is 118 Å². The van der Waals surface area contributed by atoms with Gasteiger partial charge < -0.3 is 4.74 Å². The van der Waals surface area contributed by atoms with Crippen molar-refractivity contribution in [2.75, 3.05) is 0 Å². The van der Waals surface area contributed by atoms with Gasteiger partial charge in [0.15, 0.2) is 0 Å². The van der Waals surface area contributed by atoms with Crippen molar-refractivity contribution in [2.45, 2.75) is 6.61 Å². The molecule has 88 valence electrons. The van der Waals surface area contributed by atoms with Gasteiger partial charge in [0, 0.05) is 3.57 Å². The second kappa shape index (κ2) is 5.69. The van der Waals surface area contributed by atoms with Gasteiger partial charge in [-0.1, -0.05) is 23.7 Å². The quantitative estimate of drug-likeness (QED) is 0.722. The lowest BCUT2D eigenvalue weighted by atomic mass is 10.2. The van der Waals surface area contributed by atoms with Crippen LogP contribution in [0.4, 0.5) is 4.39 Å². The second-order valence-electron chi connectivity index (χ2n) is 3.49. The Morgan fingerprint density at radius 3 is 2.47 bits per heavy atom. The Kier molecular flexibility index (Phi) is 4.23. The zero-order chi connectivity index (χ0) is 12.3. The summed E-state index contributed by atoms with van der Waals surface area (Å²) in [6, 6.07) is 12.1. The topological polar surface area (TPSA) is 9.23 Å². The molecule has 2 aromatic rings. The van der Waals surface area contributed by atoms with Crippen molar-refractivity contribution in [1.82, 2.24) is 0 Å². The monoisotopic (exact) mass is 362 g/mol. The fraction of sp³-hybridized carbons (Fsp3) is 0.0769. The van der Waals surface area contributed by atoms with E-state index in [1.54, 1.807) is 0 Å². The van der Waals surface area contributed by atoms with Crippen LogP contribution in [0.2, 0.25) is 5.02 Å². The van der Waals surface area contributed by atoms with Gasteiger partial charge in [0.05, 0.1) is 5.02 Å². The van der Waals surface area contributed by atoms with Crippen LogP contribution < -0.4 is 4.74 Å². The third kappa shape index (κ3) is 3.57. The standard InChI is InChI=1S/C13H9ClFIO/c14-12-7-10(15)3-6-13(12)17-8-9-1-4-11(16)5-2-9/h1-7H,8H2. The summed E-state index contributed by atoms with van der Waals surface area (Å²) in [6.07, 6.45) is 0. The minimum atomic E-state index is -0.364. The number of halogens is 3. The van der Waals surface area contributed by atoms with Crippen LogP contribution in [0.3, 0.4) is 0 Å². The van der Waals surface area contributed by atoms with E-state index in [9.17, 15) is 4.39 Å². The van der Waals surface area contributed by atoms with Gasteiger partial charge in [-0.2, -0.15) is 0 Å². The molecule has 0 amide bonds. The van der Waals surface area contributed by atoms with Crippen LogP contribution in [0.15, 0.2) is 42.5 Å². The van der Waals surface area contributed by atoms with Gasteiger partial charge in [-0.3, -0.25) is 0 Å². The summed E-state index contributed by atoms with van der Waals surface area (Å²) in [6.45, 7) is 0.419. The van der Waals surface area contributed by atoms with Crippen LogP contribution in [0.25, 0.3) is 0 Å². The van der Waals surface area contributed by atoms with E-state index in [4.69, 9.17) is 16.3 Å². The van der Waals surface area contributed by atoms with Crippen LogP contribution in [-0.4, -0.2) is 0 Å². The molecular weight excluding hydrogens is 353 g/mol. The molecule has 0 aliphatic carbocycles. The molecule has 0 bridgehead atoms. The highest BCUT2D eigenvalue weighted by Crippen LogP contribution is 2.25. The van der Waals surface area contributed by atoms with Crippen LogP contribution >= 0.6 is 34.2 Å². The Morgan fingerprint density at radius 2 is 1.82 bits per heavy atom. The highest BCUT2D eigenvalue weighted by atomic mass is 127. The number of ether oxygens (including phenoxy) is 1. The summed E-state index contributed by atoms with van der Waals surface area (Å²) >= 11 is 8.10. The Hall–Kier alpha value is -0.810. The lowest BCUT2D eigenvalue weighted by Crippen LogP contribution is -1.96. The van der Waals surface area contributed by atoms with Crippen LogP contribution in [0, 0.1) is 9.39 Å². The molecule has 0 saturated carbocycles. The largest absolute Gasteiger partial charge is 0.487 e. The summed E-state index contributed by atoms with van der Waals surface area (Å²) < 4.78 is 19.5. The molecule has 2 rings (SSSR count). The van der Waals surface area contributed by atoms with Crippen molar-refractivity contribution in [3.05, 3.63) is 62.4 Å². The highest BCUT2D eigenvalue weighted by molar-refractivity contribution is 14.1. The minimum Gasteiger partial charge on any atom is -0.487 e. The zero-order valence-corrected chi connectivity index (χ0v) is 11.7. The molecule has 2 aromatic carbocycles. The van der Waals surface area contributed by atoms with Gasteiger partial charge in [0.1, 0.15) is 18.2 Å². The molecule has 0 spiro atoms. The van der Waals surface area contributed by atoms with E-state index in [0.29, 0.717) is 12.4 Å². The summed E-state index contributed by atoms with van der Waals surface area (Å²) in [7, 11) is 0.